The molecule has 0 spiro atoms. The number of benzene rings is 2. The third-order valence-electron chi connectivity index (χ3n) is 3.15. The zero-order chi connectivity index (χ0) is 17.0. The van der Waals surface area contributed by atoms with Gasteiger partial charge in [-0.05, 0) is 43.4 Å². The number of rotatable bonds is 6. The van der Waals surface area contributed by atoms with E-state index in [0.717, 1.165) is 6.42 Å². The fraction of sp³-hybridized carbons (Fsp3) is 0.294. The van der Waals surface area contributed by atoms with Crippen LogP contribution in [0.5, 0.6) is 5.75 Å². The molecule has 2 aromatic rings. The first kappa shape index (κ1) is 17.7. The second-order valence-electron chi connectivity index (χ2n) is 4.76. The molecule has 0 fully saturated rings. The fourth-order valence-electron chi connectivity index (χ4n) is 2.07. The summed E-state index contributed by atoms with van der Waals surface area (Å²) in [6.45, 7) is 3.72. The second kappa shape index (κ2) is 7.73. The summed E-state index contributed by atoms with van der Waals surface area (Å²) in [5.74, 6) is -4.33. The topological polar surface area (TPSA) is 9.23 Å². The summed E-state index contributed by atoms with van der Waals surface area (Å²) < 4.78 is 61.3. The van der Waals surface area contributed by atoms with Crippen LogP contribution in [0.3, 0.4) is 0 Å². The second-order valence-corrected chi connectivity index (χ2v) is 5.90. The van der Waals surface area contributed by atoms with Crippen molar-refractivity contribution in [1.29, 1.82) is 0 Å². The van der Waals surface area contributed by atoms with Gasteiger partial charge < -0.3 is 4.74 Å². The van der Waals surface area contributed by atoms with Crippen LogP contribution in [0.4, 0.5) is 17.6 Å². The molecule has 124 valence electrons. The highest BCUT2D eigenvalue weighted by Gasteiger charge is 2.21. The summed E-state index contributed by atoms with van der Waals surface area (Å²) in [6.07, 6.45) is 0.812. The van der Waals surface area contributed by atoms with E-state index >= 15 is 0 Å². The molecule has 2 aromatic carbocycles. The van der Waals surface area contributed by atoms with Crippen molar-refractivity contribution in [3.63, 3.8) is 0 Å². The summed E-state index contributed by atoms with van der Waals surface area (Å²) in [4.78, 5) is 0.153. The molecule has 0 unspecified atom stereocenters. The molecule has 0 aliphatic rings. The summed E-state index contributed by atoms with van der Waals surface area (Å²) >= 11 is 1.18. The van der Waals surface area contributed by atoms with Crippen LogP contribution in [-0.2, 0) is 0 Å². The number of hydrogen-bond acceptors (Lipinski definition) is 2. The van der Waals surface area contributed by atoms with Crippen molar-refractivity contribution < 1.29 is 22.3 Å². The maximum Gasteiger partial charge on any atom is 0.201 e. The number of halogens is 4. The Kier molecular flexibility index (Phi) is 5.93. The molecule has 6 heteroatoms. The van der Waals surface area contributed by atoms with Gasteiger partial charge in [0.1, 0.15) is 0 Å². The van der Waals surface area contributed by atoms with E-state index in [0.29, 0.717) is 5.75 Å². The molecule has 0 atom stereocenters. The molecule has 0 bridgehead atoms. The van der Waals surface area contributed by atoms with Crippen molar-refractivity contribution in [2.24, 2.45) is 0 Å². The van der Waals surface area contributed by atoms with Gasteiger partial charge in [-0.1, -0.05) is 6.92 Å². The predicted octanol–water partition coefficient (Wildman–Crippen LogP) is 5.81. The van der Waals surface area contributed by atoms with Gasteiger partial charge in [0.2, 0.25) is 5.82 Å². The molecular formula is C17H16F4OS. The summed E-state index contributed by atoms with van der Waals surface area (Å²) in [5, 5.41) is 0. The van der Waals surface area contributed by atoms with Gasteiger partial charge in [-0.15, -0.1) is 11.8 Å². The number of ether oxygens (including phenoxy) is 1. The lowest BCUT2D eigenvalue weighted by atomic mass is 10.0. The molecule has 0 aliphatic heterocycles. The maximum absolute atomic E-state index is 14.2. The Hall–Kier alpha value is -1.69. The molecule has 0 saturated carbocycles. The molecule has 0 N–H and O–H groups in total. The minimum atomic E-state index is -1.26. The molecule has 0 amide bonds. The smallest absolute Gasteiger partial charge is 0.201 e. The van der Waals surface area contributed by atoms with Crippen molar-refractivity contribution in [2.45, 2.75) is 25.2 Å². The van der Waals surface area contributed by atoms with Gasteiger partial charge in [-0.3, -0.25) is 0 Å². The SMILES string of the molecule is CCCSc1ccc(-c2ccc(OCC)c(F)c2F)c(F)c1F. The maximum atomic E-state index is 14.2. The lowest BCUT2D eigenvalue weighted by Crippen LogP contribution is -2.00. The van der Waals surface area contributed by atoms with Gasteiger partial charge in [0.15, 0.2) is 23.2 Å². The first-order chi connectivity index (χ1) is 11.0. The average molecular weight is 344 g/mol. The van der Waals surface area contributed by atoms with Crippen LogP contribution < -0.4 is 4.74 Å². The Bertz CT molecular complexity index is 703. The minimum Gasteiger partial charge on any atom is -0.491 e. The van der Waals surface area contributed by atoms with Crippen molar-refractivity contribution in [1.82, 2.24) is 0 Å². The first-order valence-electron chi connectivity index (χ1n) is 7.23. The summed E-state index contributed by atoms with van der Waals surface area (Å²) in [5.41, 5.74) is -0.655. The zero-order valence-electron chi connectivity index (χ0n) is 12.8. The lowest BCUT2D eigenvalue weighted by Gasteiger charge is -2.11. The van der Waals surface area contributed by atoms with Crippen LogP contribution in [0.2, 0.25) is 0 Å². The highest BCUT2D eigenvalue weighted by molar-refractivity contribution is 7.99. The minimum absolute atomic E-state index is 0.153. The third kappa shape index (κ3) is 3.63. The van der Waals surface area contributed by atoms with Gasteiger partial charge in [-0.25, -0.2) is 13.2 Å². The normalized spacial score (nSPS) is 10.9. The molecule has 1 nitrogen and oxygen atoms in total. The number of thioether (sulfide) groups is 1. The Labute approximate surface area is 136 Å². The van der Waals surface area contributed by atoms with Crippen LogP contribution in [0, 0.1) is 23.3 Å². The van der Waals surface area contributed by atoms with Crippen LogP contribution in [0.15, 0.2) is 29.2 Å². The molecular weight excluding hydrogens is 328 g/mol. The molecule has 0 saturated heterocycles. The van der Waals surface area contributed by atoms with Crippen molar-refractivity contribution in [3.05, 3.63) is 47.5 Å². The molecule has 0 aromatic heterocycles. The van der Waals surface area contributed by atoms with Crippen LogP contribution >= 0.6 is 11.8 Å². The summed E-state index contributed by atoms with van der Waals surface area (Å²) in [7, 11) is 0. The third-order valence-corrected chi connectivity index (χ3v) is 4.38. The standard InChI is InChI=1S/C17H16F4OS/c1-3-9-23-13-8-6-11(15(19)17(13)21)10-5-7-12(22-4-2)16(20)14(10)18/h5-8H,3-4,9H2,1-2H3. The van der Waals surface area contributed by atoms with Crippen LogP contribution in [-0.4, -0.2) is 12.4 Å². The average Bonchev–Trinajstić information content (AvgIpc) is 2.54. The zero-order valence-corrected chi connectivity index (χ0v) is 13.6. The van der Waals surface area contributed by atoms with E-state index in [1.807, 2.05) is 6.92 Å². The molecule has 0 aliphatic carbocycles. The van der Waals surface area contributed by atoms with E-state index < -0.39 is 23.3 Å². The Morgan fingerprint density at radius 2 is 1.43 bits per heavy atom. The van der Waals surface area contributed by atoms with Crippen molar-refractivity contribution >= 4 is 11.8 Å². The fourth-order valence-corrected chi connectivity index (χ4v) is 2.87. The predicted molar refractivity (Wildman–Crippen MR) is 83.9 cm³/mol. The van der Waals surface area contributed by atoms with E-state index in [1.165, 1.54) is 36.0 Å². The highest BCUT2D eigenvalue weighted by atomic mass is 32.2. The molecule has 0 radical (unpaired) electrons. The van der Waals surface area contributed by atoms with E-state index in [4.69, 9.17) is 4.74 Å². The van der Waals surface area contributed by atoms with Crippen molar-refractivity contribution in [2.75, 3.05) is 12.4 Å². The van der Waals surface area contributed by atoms with Gasteiger partial charge in [0.25, 0.3) is 0 Å². The summed E-state index contributed by atoms with van der Waals surface area (Å²) in [6, 6.07) is 5.02. The largest absolute Gasteiger partial charge is 0.491 e. The van der Waals surface area contributed by atoms with E-state index in [1.54, 1.807) is 6.92 Å². The quantitative estimate of drug-likeness (QED) is 0.483. The van der Waals surface area contributed by atoms with E-state index in [-0.39, 0.29) is 28.4 Å². The molecule has 23 heavy (non-hydrogen) atoms. The Morgan fingerprint density at radius 1 is 0.826 bits per heavy atom. The Morgan fingerprint density at radius 3 is 2.04 bits per heavy atom. The highest BCUT2D eigenvalue weighted by Crippen LogP contribution is 2.35. The van der Waals surface area contributed by atoms with Crippen LogP contribution in [0.1, 0.15) is 20.3 Å². The van der Waals surface area contributed by atoms with E-state index in [9.17, 15) is 17.6 Å². The number of hydrogen-bond donors (Lipinski definition) is 0. The lowest BCUT2D eigenvalue weighted by molar-refractivity contribution is 0.314. The monoisotopic (exact) mass is 344 g/mol. The Balaban J connectivity index is 2.47. The van der Waals surface area contributed by atoms with Gasteiger partial charge in [0, 0.05) is 16.0 Å². The molecule has 2 rings (SSSR count). The van der Waals surface area contributed by atoms with Gasteiger partial charge in [0.05, 0.1) is 6.61 Å². The van der Waals surface area contributed by atoms with E-state index in [2.05, 4.69) is 0 Å². The first-order valence-corrected chi connectivity index (χ1v) is 8.21. The van der Waals surface area contributed by atoms with Gasteiger partial charge >= 0.3 is 0 Å². The molecule has 0 heterocycles. The van der Waals surface area contributed by atoms with Gasteiger partial charge in [-0.2, -0.15) is 4.39 Å². The van der Waals surface area contributed by atoms with Crippen molar-refractivity contribution in [3.8, 4) is 16.9 Å². The van der Waals surface area contributed by atoms with Crippen LogP contribution in [0.25, 0.3) is 11.1 Å².